The van der Waals surface area contributed by atoms with Crippen LogP contribution in [0.3, 0.4) is 0 Å². The Kier molecular flexibility index (Phi) is 5.41. The first kappa shape index (κ1) is 19.3. The lowest BCUT2D eigenvalue weighted by Gasteiger charge is -2.29. The molecule has 6 heteroatoms. The first-order chi connectivity index (χ1) is 14.0. The van der Waals surface area contributed by atoms with Gasteiger partial charge in [-0.15, -0.1) is 0 Å². The highest BCUT2D eigenvalue weighted by atomic mass is 35.5. The standard InChI is InChI=1S/C23H22ClN3O2/c1-15(26-22(28)17-6-8-18(24)9-7-17)23(29)27-12-10-16(11-13-27)20-14-25-21-5-3-2-4-19(20)21/h2-10,14-15,25H,11-13H2,1H3,(H,26,28). The number of benzene rings is 2. The van der Waals surface area contributed by atoms with E-state index in [0.29, 0.717) is 23.7 Å². The summed E-state index contributed by atoms with van der Waals surface area (Å²) in [5.74, 6) is -0.365. The van der Waals surface area contributed by atoms with Crippen LogP contribution in [0.25, 0.3) is 16.5 Å². The number of rotatable bonds is 4. The summed E-state index contributed by atoms with van der Waals surface area (Å²) in [6.45, 7) is 2.88. The van der Waals surface area contributed by atoms with E-state index >= 15 is 0 Å². The predicted molar refractivity (Wildman–Crippen MR) is 116 cm³/mol. The van der Waals surface area contributed by atoms with Crippen LogP contribution in [0.2, 0.25) is 5.02 Å². The Hall–Kier alpha value is -3.05. The van der Waals surface area contributed by atoms with Crippen LogP contribution in [0.5, 0.6) is 0 Å². The smallest absolute Gasteiger partial charge is 0.251 e. The SMILES string of the molecule is CC(NC(=O)c1ccc(Cl)cc1)C(=O)N1CC=C(c2c[nH]c3ccccc23)CC1. The van der Waals surface area contributed by atoms with Gasteiger partial charge in [0.15, 0.2) is 0 Å². The molecule has 1 atom stereocenters. The molecule has 2 aromatic carbocycles. The highest BCUT2D eigenvalue weighted by molar-refractivity contribution is 6.30. The van der Waals surface area contributed by atoms with E-state index < -0.39 is 6.04 Å². The number of aromatic amines is 1. The van der Waals surface area contributed by atoms with Crippen molar-refractivity contribution >= 4 is 39.9 Å². The molecule has 1 aromatic heterocycles. The van der Waals surface area contributed by atoms with E-state index in [9.17, 15) is 9.59 Å². The van der Waals surface area contributed by atoms with Crippen LogP contribution in [-0.4, -0.2) is 40.8 Å². The van der Waals surface area contributed by atoms with Gasteiger partial charge in [0.2, 0.25) is 5.91 Å². The van der Waals surface area contributed by atoms with E-state index in [-0.39, 0.29) is 11.8 Å². The average molecular weight is 408 g/mol. The Labute approximate surface area is 174 Å². The molecular formula is C23H22ClN3O2. The Morgan fingerprint density at radius 1 is 1.14 bits per heavy atom. The van der Waals surface area contributed by atoms with E-state index in [0.717, 1.165) is 11.9 Å². The summed E-state index contributed by atoms with van der Waals surface area (Å²) < 4.78 is 0. The highest BCUT2D eigenvalue weighted by Crippen LogP contribution is 2.29. The molecule has 1 aliphatic heterocycles. The third kappa shape index (κ3) is 4.05. The molecule has 1 aliphatic rings. The van der Waals surface area contributed by atoms with Crippen LogP contribution in [-0.2, 0) is 4.79 Å². The lowest BCUT2D eigenvalue weighted by molar-refractivity contribution is -0.132. The molecule has 2 amide bonds. The van der Waals surface area contributed by atoms with E-state index in [1.165, 1.54) is 16.5 Å². The third-order valence-electron chi connectivity index (χ3n) is 5.28. The van der Waals surface area contributed by atoms with Gasteiger partial charge in [-0.1, -0.05) is 35.9 Å². The van der Waals surface area contributed by atoms with Crippen LogP contribution in [0.15, 0.2) is 60.8 Å². The zero-order valence-corrected chi connectivity index (χ0v) is 16.9. The third-order valence-corrected chi connectivity index (χ3v) is 5.53. The van der Waals surface area contributed by atoms with Gasteiger partial charge < -0.3 is 15.2 Å². The fraction of sp³-hybridized carbons (Fsp3) is 0.217. The van der Waals surface area contributed by atoms with Gasteiger partial charge in [0.25, 0.3) is 5.91 Å². The quantitative estimate of drug-likeness (QED) is 0.678. The molecule has 0 spiro atoms. The number of halogens is 1. The van der Waals surface area contributed by atoms with Gasteiger partial charge >= 0.3 is 0 Å². The zero-order valence-electron chi connectivity index (χ0n) is 16.1. The molecule has 0 aliphatic carbocycles. The van der Waals surface area contributed by atoms with Crippen molar-refractivity contribution in [1.29, 1.82) is 0 Å². The number of nitrogens with zero attached hydrogens (tertiary/aromatic N) is 1. The van der Waals surface area contributed by atoms with E-state index in [2.05, 4.69) is 28.5 Å². The number of H-pyrrole nitrogens is 1. The van der Waals surface area contributed by atoms with Crippen molar-refractivity contribution in [3.8, 4) is 0 Å². The van der Waals surface area contributed by atoms with Crippen LogP contribution in [0.1, 0.15) is 29.3 Å². The topological polar surface area (TPSA) is 65.2 Å². The Bertz CT molecular complexity index is 1080. The minimum Gasteiger partial charge on any atom is -0.361 e. The molecule has 3 aromatic rings. The predicted octanol–water partition coefficient (Wildman–Crippen LogP) is 4.26. The number of carbonyl (C=O) groups excluding carboxylic acids is 2. The number of fused-ring (bicyclic) bond motifs is 1. The zero-order chi connectivity index (χ0) is 20.4. The van der Waals surface area contributed by atoms with Gasteiger partial charge in [0, 0.05) is 46.3 Å². The van der Waals surface area contributed by atoms with Crippen LogP contribution >= 0.6 is 11.6 Å². The number of aromatic nitrogens is 1. The Morgan fingerprint density at radius 3 is 2.62 bits per heavy atom. The molecule has 29 heavy (non-hydrogen) atoms. The number of hydrogen-bond donors (Lipinski definition) is 2. The summed E-state index contributed by atoms with van der Waals surface area (Å²) >= 11 is 5.86. The van der Waals surface area contributed by atoms with Crippen molar-refractivity contribution in [1.82, 2.24) is 15.2 Å². The van der Waals surface area contributed by atoms with Crippen molar-refractivity contribution < 1.29 is 9.59 Å². The van der Waals surface area contributed by atoms with E-state index in [1.807, 2.05) is 18.3 Å². The van der Waals surface area contributed by atoms with Gasteiger partial charge in [-0.3, -0.25) is 9.59 Å². The van der Waals surface area contributed by atoms with Crippen molar-refractivity contribution in [2.75, 3.05) is 13.1 Å². The van der Waals surface area contributed by atoms with Crippen LogP contribution in [0.4, 0.5) is 0 Å². The summed E-state index contributed by atoms with van der Waals surface area (Å²) in [7, 11) is 0. The molecular weight excluding hydrogens is 386 g/mol. The van der Waals surface area contributed by atoms with Gasteiger partial charge in [0.1, 0.15) is 6.04 Å². The lowest BCUT2D eigenvalue weighted by Crippen LogP contribution is -2.48. The maximum Gasteiger partial charge on any atom is 0.251 e. The second kappa shape index (κ2) is 8.13. The molecule has 0 fully saturated rings. The molecule has 5 nitrogen and oxygen atoms in total. The minimum absolute atomic E-state index is 0.0819. The largest absolute Gasteiger partial charge is 0.361 e. The molecule has 2 N–H and O–H groups in total. The number of hydrogen-bond acceptors (Lipinski definition) is 2. The molecule has 1 unspecified atom stereocenters. The summed E-state index contributed by atoms with van der Waals surface area (Å²) in [4.78, 5) is 30.2. The normalized spacial score (nSPS) is 15.1. The van der Waals surface area contributed by atoms with Gasteiger partial charge in [-0.2, -0.15) is 0 Å². The fourth-order valence-corrected chi connectivity index (χ4v) is 3.79. The molecule has 4 rings (SSSR count). The van der Waals surface area contributed by atoms with Gasteiger partial charge in [-0.05, 0) is 49.2 Å². The van der Waals surface area contributed by atoms with Crippen molar-refractivity contribution in [2.24, 2.45) is 0 Å². The molecule has 0 radical (unpaired) electrons. The fourth-order valence-electron chi connectivity index (χ4n) is 3.67. The van der Waals surface area contributed by atoms with Crippen LogP contribution in [0, 0.1) is 0 Å². The first-order valence-corrected chi connectivity index (χ1v) is 10.0. The molecule has 0 bridgehead atoms. The minimum atomic E-state index is -0.596. The number of amides is 2. The first-order valence-electron chi connectivity index (χ1n) is 9.63. The summed E-state index contributed by atoms with van der Waals surface area (Å²) in [5.41, 5.74) is 4.02. The Morgan fingerprint density at radius 2 is 1.90 bits per heavy atom. The lowest BCUT2D eigenvalue weighted by atomic mass is 9.98. The van der Waals surface area contributed by atoms with Gasteiger partial charge in [-0.25, -0.2) is 0 Å². The van der Waals surface area contributed by atoms with Gasteiger partial charge in [0.05, 0.1) is 0 Å². The summed E-state index contributed by atoms with van der Waals surface area (Å²) in [6.07, 6.45) is 4.92. The maximum absolute atomic E-state index is 12.8. The van der Waals surface area contributed by atoms with Crippen LogP contribution < -0.4 is 5.32 Å². The molecule has 2 heterocycles. The summed E-state index contributed by atoms with van der Waals surface area (Å²) in [5, 5.41) is 4.54. The molecule has 0 saturated carbocycles. The number of nitrogens with one attached hydrogen (secondary N) is 2. The molecule has 0 saturated heterocycles. The van der Waals surface area contributed by atoms with E-state index in [1.54, 1.807) is 36.1 Å². The van der Waals surface area contributed by atoms with E-state index in [4.69, 9.17) is 11.6 Å². The monoisotopic (exact) mass is 407 g/mol. The average Bonchev–Trinajstić information content (AvgIpc) is 3.18. The van der Waals surface area contributed by atoms with Crippen molar-refractivity contribution in [3.05, 3.63) is 77.0 Å². The Balaban J connectivity index is 1.40. The maximum atomic E-state index is 12.8. The second-order valence-electron chi connectivity index (χ2n) is 7.21. The second-order valence-corrected chi connectivity index (χ2v) is 7.65. The molecule has 148 valence electrons. The number of carbonyl (C=O) groups is 2. The summed E-state index contributed by atoms with van der Waals surface area (Å²) in [6, 6.07) is 14.2. The highest BCUT2D eigenvalue weighted by Gasteiger charge is 2.24. The van der Waals surface area contributed by atoms with Crippen molar-refractivity contribution in [2.45, 2.75) is 19.4 Å². The van der Waals surface area contributed by atoms with Crippen molar-refractivity contribution in [3.63, 3.8) is 0 Å². The number of para-hydroxylation sites is 1.